The molecule has 0 aromatic heterocycles. The Kier molecular flexibility index (Phi) is 3.44. The molecule has 0 amide bonds. The van der Waals surface area contributed by atoms with Crippen molar-refractivity contribution in [2.24, 2.45) is 0 Å². The Morgan fingerprint density at radius 1 is 1.89 bits per heavy atom. The fraction of sp³-hybridized carbons (Fsp3) is 0.286. The van der Waals surface area contributed by atoms with Crippen molar-refractivity contribution in [2.45, 2.75) is 6.92 Å². The molecule has 0 radical (unpaired) electrons. The SMILES string of the molecule is C=CCO[14C](=O)C(=C)C. The minimum atomic E-state index is -0.366. The van der Waals surface area contributed by atoms with Crippen molar-refractivity contribution in [2.75, 3.05) is 6.61 Å². The van der Waals surface area contributed by atoms with Gasteiger partial charge in [-0.2, -0.15) is 0 Å². The van der Waals surface area contributed by atoms with Gasteiger partial charge in [-0.25, -0.2) is 4.79 Å². The molecule has 0 aliphatic carbocycles. The number of carbonyl (C=O) groups is 1. The smallest absolute Gasteiger partial charge is 0.333 e. The van der Waals surface area contributed by atoms with Gasteiger partial charge in [0.15, 0.2) is 0 Å². The largest absolute Gasteiger partial charge is 0.458 e. The lowest BCUT2D eigenvalue weighted by Gasteiger charge is -1.97. The van der Waals surface area contributed by atoms with Crippen LogP contribution in [0.5, 0.6) is 0 Å². The highest BCUT2D eigenvalue weighted by Crippen LogP contribution is 1.90. The van der Waals surface area contributed by atoms with Crippen molar-refractivity contribution in [1.29, 1.82) is 0 Å². The summed E-state index contributed by atoms with van der Waals surface area (Å²) in [6, 6.07) is 0. The van der Waals surface area contributed by atoms with E-state index >= 15 is 0 Å². The second-order valence-electron chi connectivity index (χ2n) is 1.67. The fourth-order valence-electron chi connectivity index (χ4n) is 0.258. The average Bonchev–Trinajstić information content (AvgIpc) is 1.82. The van der Waals surface area contributed by atoms with Crippen molar-refractivity contribution < 1.29 is 9.53 Å². The molecule has 0 fully saturated rings. The molecule has 0 spiro atoms. The first-order valence-electron chi connectivity index (χ1n) is 2.62. The lowest BCUT2D eigenvalue weighted by atomic mass is 10.6. The van der Waals surface area contributed by atoms with Crippen LogP contribution in [0.2, 0.25) is 0 Å². The van der Waals surface area contributed by atoms with Gasteiger partial charge < -0.3 is 4.74 Å². The van der Waals surface area contributed by atoms with E-state index in [1.54, 1.807) is 6.92 Å². The molecule has 50 valence electrons. The van der Waals surface area contributed by atoms with Gasteiger partial charge in [-0.15, -0.1) is 0 Å². The second-order valence-corrected chi connectivity index (χ2v) is 1.67. The lowest BCUT2D eigenvalue weighted by Crippen LogP contribution is -2.03. The Labute approximate surface area is 54.8 Å². The van der Waals surface area contributed by atoms with Crippen LogP contribution in [0.25, 0.3) is 0 Å². The molecule has 0 aliphatic heterocycles. The maximum atomic E-state index is 10.5. The van der Waals surface area contributed by atoms with E-state index in [4.69, 9.17) is 0 Å². The predicted molar refractivity (Wildman–Crippen MR) is 36.0 cm³/mol. The third kappa shape index (κ3) is 3.53. The molecule has 0 saturated carbocycles. The van der Waals surface area contributed by atoms with Gasteiger partial charge in [0.05, 0.1) is 0 Å². The van der Waals surface area contributed by atoms with Crippen LogP contribution in [0.4, 0.5) is 0 Å². The van der Waals surface area contributed by atoms with E-state index in [0.29, 0.717) is 5.57 Å². The molecule has 0 aliphatic rings. The quantitative estimate of drug-likeness (QED) is 0.325. The van der Waals surface area contributed by atoms with Crippen molar-refractivity contribution in [3.8, 4) is 0 Å². The summed E-state index contributed by atoms with van der Waals surface area (Å²) in [6.45, 7) is 8.64. The number of rotatable bonds is 3. The normalized spacial score (nSPS) is 8.11. The van der Waals surface area contributed by atoms with E-state index in [-0.39, 0.29) is 12.6 Å². The summed E-state index contributed by atoms with van der Waals surface area (Å²) in [5.74, 6) is -0.366. The lowest BCUT2D eigenvalue weighted by molar-refractivity contribution is -0.137. The summed E-state index contributed by atoms with van der Waals surface area (Å²) in [4.78, 5) is 10.5. The summed E-state index contributed by atoms with van der Waals surface area (Å²) >= 11 is 0. The van der Waals surface area contributed by atoms with Crippen LogP contribution in [-0.2, 0) is 9.53 Å². The van der Waals surface area contributed by atoms with Gasteiger partial charge in [0.1, 0.15) is 6.61 Å². The monoisotopic (exact) mass is 128 g/mol. The van der Waals surface area contributed by atoms with Gasteiger partial charge in [-0.05, 0) is 6.92 Å². The van der Waals surface area contributed by atoms with Crippen molar-refractivity contribution in [3.63, 3.8) is 0 Å². The molecule has 0 unspecified atom stereocenters. The van der Waals surface area contributed by atoms with Crippen LogP contribution in [0.3, 0.4) is 0 Å². The molecule has 0 heterocycles. The van der Waals surface area contributed by atoms with Crippen molar-refractivity contribution in [1.82, 2.24) is 0 Å². The Hall–Kier alpha value is -1.05. The summed E-state index contributed by atoms with van der Waals surface area (Å²) < 4.78 is 4.60. The zero-order valence-corrected chi connectivity index (χ0v) is 5.52. The van der Waals surface area contributed by atoms with Gasteiger partial charge in [0, 0.05) is 5.57 Å². The van der Waals surface area contributed by atoms with Crippen molar-refractivity contribution in [3.05, 3.63) is 24.8 Å². The highest BCUT2D eigenvalue weighted by Gasteiger charge is 1.98. The molecular formula is C7H10O2. The molecule has 0 saturated heterocycles. The van der Waals surface area contributed by atoms with Crippen LogP contribution >= 0.6 is 0 Å². The van der Waals surface area contributed by atoms with Crippen LogP contribution in [0.1, 0.15) is 6.92 Å². The highest BCUT2D eigenvalue weighted by molar-refractivity contribution is 5.86. The van der Waals surface area contributed by atoms with Gasteiger partial charge in [0.25, 0.3) is 0 Å². The molecule has 9 heavy (non-hydrogen) atoms. The first-order valence-corrected chi connectivity index (χ1v) is 2.62. The molecule has 0 aromatic carbocycles. The summed E-state index contributed by atoms with van der Waals surface area (Å²) in [7, 11) is 0. The van der Waals surface area contributed by atoms with E-state index < -0.39 is 0 Å². The average molecular weight is 128 g/mol. The Morgan fingerprint density at radius 3 is 2.78 bits per heavy atom. The van der Waals surface area contributed by atoms with Crippen LogP contribution < -0.4 is 0 Å². The van der Waals surface area contributed by atoms with Gasteiger partial charge in [0.2, 0.25) is 0 Å². The minimum absolute atomic E-state index is 0.256. The van der Waals surface area contributed by atoms with Crippen molar-refractivity contribution >= 4 is 5.97 Å². The highest BCUT2D eigenvalue weighted by atomic mass is 16.8. The minimum Gasteiger partial charge on any atom is -0.458 e. The second kappa shape index (κ2) is 3.89. The van der Waals surface area contributed by atoms with Crippen LogP contribution in [0, 0.1) is 0 Å². The first-order chi connectivity index (χ1) is 4.18. The zero-order chi connectivity index (χ0) is 7.28. The van der Waals surface area contributed by atoms with E-state index in [9.17, 15) is 4.79 Å². The first kappa shape index (κ1) is 7.95. The molecule has 2 heteroatoms. The standard InChI is InChI=1S/C7H10O2/c1-4-5-9-7(8)6(2)3/h4H,1-2,5H2,3H3/i7+2. The fourth-order valence-corrected chi connectivity index (χ4v) is 0.258. The van der Waals surface area contributed by atoms with E-state index in [1.807, 2.05) is 0 Å². The third-order valence-corrected chi connectivity index (χ3v) is 0.681. The van der Waals surface area contributed by atoms with Gasteiger partial charge in [-0.1, -0.05) is 19.2 Å². The van der Waals surface area contributed by atoms with Gasteiger partial charge >= 0.3 is 5.97 Å². The maximum Gasteiger partial charge on any atom is 0.333 e. The number of ether oxygens (including phenoxy) is 1. The third-order valence-electron chi connectivity index (χ3n) is 0.681. The predicted octanol–water partition coefficient (Wildman–Crippen LogP) is 1.29. The molecule has 0 rings (SSSR count). The maximum absolute atomic E-state index is 10.5. The molecule has 0 atom stereocenters. The number of hydrogen-bond acceptors (Lipinski definition) is 2. The molecule has 0 aromatic rings. The summed E-state index contributed by atoms with van der Waals surface area (Å²) in [5.41, 5.74) is 0.414. The molecule has 0 bridgehead atoms. The summed E-state index contributed by atoms with van der Waals surface area (Å²) in [5, 5.41) is 0. The van der Waals surface area contributed by atoms with Gasteiger partial charge in [-0.3, -0.25) is 0 Å². The number of hydrogen-bond donors (Lipinski definition) is 0. The van der Waals surface area contributed by atoms with E-state index in [2.05, 4.69) is 17.9 Å². The molecule has 0 N–H and O–H groups in total. The molecule has 2 nitrogen and oxygen atoms in total. The Bertz CT molecular complexity index is 136. The summed E-state index contributed by atoms with van der Waals surface area (Å²) in [6.07, 6.45) is 1.51. The van der Waals surface area contributed by atoms with E-state index in [1.165, 1.54) is 6.08 Å². The van der Waals surface area contributed by atoms with E-state index in [0.717, 1.165) is 0 Å². The van der Waals surface area contributed by atoms with Crippen LogP contribution in [0.15, 0.2) is 24.8 Å². The molecular weight excluding hydrogens is 118 g/mol. The zero-order valence-electron chi connectivity index (χ0n) is 5.52. The Balaban J connectivity index is 3.51. The number of carbonyl (C=O) groups excluding carboxylic acids is 1. The Morgan fingerprint density at radius 2 is 2.44 bits per heavy atom. The topological polar surface area (TPSA) is 26.3 Å². The number of esters is 1. The van der Waals surface area contributed by atoms with Crippen LogP contribution in [-0.4, -0.2) is 12.6 Å².